The van der Waals surface area contributed by atoms with Gasteiger partial charge in [-0.15, -0.1) is 0 Å². The van der Waals surface area contributed by atoms with Gasteiger partial charge in [0, 0.05) is 35.4 Å². The van der Waals surface area contributed by atoms with E-state index in [-0.39, 0.29) is 6.17 Å². The molecule has 0 fully saturated rings. The molecule has 3 nitrogen and oxygen atoms in total. The highest BCUT2D eigenvalue weighted by molar-refractivity contribution is 6.09. The zero-order valence-electron chi connectivity index (χ0n) is 17.9. The molecule has 1 aromatic heterocycles. The van der Waals surface area contributed by atoms with Crippen molar-refractivity contribution in [1.82, 2.24) is 9.47 Å². The van der Waals surface area contributed by atoms with Crippen LogP contribution in [0.4, 0.5) is 0 Å². The van der Waals surface area contributed by atoms with Gasteiger partial charge >= 0.3 is 0 Å². The molecule has 3 heteroatoms. The van der Waals surface area contributed by atoms with Crippen LogP contribution < -0.4 is 0 Å². The van der Waals surface area contributed by atoms with Gasteiger partial charge in [-0.05, 0) is 41.5 Å². The second-order valence-corrected chi connectivity index (χ2v) is 8.16. The Labute approximate surface area is 187 Å². The molecule has 1 unspecified atom stereocenters. The van der Waals surface area contributed by atoms with Gasteiger partial charge in [0.2, 0.25) is 0 Å². The summed E-state index contributed by atoms with van der Waals surface area (Å²) in [5, 5.41) is 2.56. The molecular weight excluding hydrogens is 390 g/mol. The van der Waals surface area contributed by atoms with Crippen LogP contribution in [0, 0.1) is 0 Å². The van der Waals surface area contributed by atoms with E-state index in [4.69, 9.17) is 4.99 Å². The second-order valence-electron chi connectivity index (χ2n) is 8.16. The Hall–Kier alpha value is -4.11. The lowest BCUT2D eigenvalue weighted by Gasteiger charge is -2.32. The van der Waals surface area contributed by atoms with Gasteiger partial charge in [0.05, 0.1) is 11.0 Å². The average molecular weight is 414 g/mol. The Morgan fingerprint density at radius 3 is 1.91 bits per heavy atom. The number of aromatic nitrogens is 1. The smallest absolute Gasteiger partial charge is 0.146 e. The topological polar surface area (TPSA) is 20.5 Å². The van der Waals surface area contributed by atoms with Gasteiger partial charge in [0.25, 0.3) is 0 Å². The maximum atomic E-state index is 4.77. The molecule has 0 radical (unpaired) electrons. The first kappa shape index (κ1) is 18.6. The SMILES string of the molecule is CN1C(c2ccccc2)=CC=NC1c1ccc(-n2c3ccccc3c3ccccc32)cc1. The highest BCUT2D eigenvalue weighted by Crippen LogP contribution is 2.34. The largest absolute Gasteiger partial charge is 0.349 e. The van der Waals surface area contributed by atoms with Gasteiger partial charge in [-0.2, -0.15) is 0 Å². The van der Waals surface area contributed by atoms with Crippen molar-refractivity contribution in [2.45, 2.75) is 6.17 Å². The Balaban J connectivity index is 1.39. The van der Waals surface area contributed by atoms with Crippen molar-refractivity contribution < 1.29 is 0 Å². The van der Waals surface area contributed by atoms with E-state index in [1.54, 1.807) is 0 Å². The van der Waals surface area contributed by atoms with Crippen molar-refractivity contribution in [3.05, 3.63) is 120 Å². The van der Waals surface area contributed by atoms with E-state index in [0.29, 0.717) is 0 Å². The second kappa shape index (κ2) is 7.54. The third-order valence-corrected chi connectivity index (χ3v) is 6.31. The first-order valence-corrected chi connectivity index (χ1v) is 10.9. The van der Waals surface area contributed by atoms with Crippen molar-refractivity contribution in [2.75, 3.05) is 7.05 Å². The quantitative estimate of drug-likeness (QED) is 0.317. The van der Waals surface area contributed by atoms with Gasteiger partial charge in [-0.1, -0.05) is 78.9 Å². The molecule has 32 heavy (non-hydrogen) atoms. The molecule has 154 valence electrons. The van der Waals surface area contributed by atoms with Gasteiger partial charge in [0.1, 0.15) is 6.17 Å². The van der Waals surface area contributed by atoms with Gasteiger partial charge < -0.3 is 9.47 Å². The summed E-state index contributed by atoms with van der Waals surface area (Å²) in [6, 6.07) is 36.5. The lowest BCUT2D eigenvalue weighted by molar-refractivity contribution is 0.365. The van der Waals surface area contributed by atoms with Gasteiger partial charge in [-0.25, -0.2) is 0 Å². The average Bonchev–Trinajstić information content (AvgIpc) is 3.19. The predicted octanol–water partition coefficient (Wildman–Crippen LogP) is 6.84. The summed E-state index contributed by atoms with van der Waals surface area (Å²) in [6.45, 7) is 0. The lowest BCUT2D eigenvalue weighted by Crippen LogP contribution is -2.24. The molecule has 0 saturated carbocycles. The number of fused-ring (bicyclic) bond motifs is 3. The summed E-state index contributed by atoms with van der Waals surface area (Å²) in [7, 11) is 2.11. The number of aliphatic imine (C=N–C) groups is 1. The molecular formula is C29H23N3. The number of nitrogens with zero attached hydrogens (tertiary/aromatic N) is 3. The molecule has 1 atom stereocenters. The van der Waals surface area contributed by atoms with Crippen LogP contribution in [0.1, 0.15) is 17.3 Å². The molecule has 0 bridgehead atoms. The number of allylic oxidation sites excluding steroid dienone is 1. The maximum absolute atomic E-state index is 4.77. The molecule has 1 aliphatic heterocycles. The third kappa shape index (κ3) is 2.94. The Morgan fingerprint density at radius 1 is 0.656 bits per heavy atom. The van der Waals surface area contributed by atoms with Crippen molar-refractivity contribution >= 4 is 33.7 Å². The van der Waals surface area contributed by atoms with Crippen LogP contribution in [0.2, 0.25) is 0 Å². The fourth-order valence-electron chi connectivity index (χ4n) is 4.76. The van der Waals surface area contributed by atoms with Crippen molar-refractivity contribution in [1.29, 1.82) is 0 Å². The third-order valence-electron chi connectivity index (χ3n) is 6.31. The number of hydrogen-bond acceptors (Lipinski definition) is 2. The standard InChI is InChI=1S/C29H23N3/c1-31-26(21-9-3-2-4-10-21)19-20-30-29(31)22-15-17-23(18-16-22)32-27-13-7-5-11-24(27)25-12-6-8-14-28(25)32/h2-20,29H,1H3. The minimum absolute atomic E-state index is 0.0394. The van der Waals surface area contributed by atoms with Crippen LogP contribution in [0.15, 0.2) is 114 Å². The van der Waals surface area contributed by atoms with Crippen molar-refractivity contribution in [2.24, 2.45) is 4.99 Å². The summed E-state index contributed by atoms with van der Waals surface area (Å²) < 4.78 is 2.34. The van der Waals surface area contributed by atoms with E-state index in [0.717, 1.165) is 5.69 Å². The molecule has 1 aliphatic rings. The Morgan fingerprint density at radius 2 is 1.25 bits per heavy atom. The Kier molecular flexibility index (Phi) is 4.39. The zero-order chi connectivity index (χ0) is 21.5. The summed E-state index contributed by atoms with van der Waals surface area (Å²) in [5.74, 6) is 0. The summed E-state index contributed by atoms with van der Waals surface area (Å²) in [4.78, 5) is 7.01. The number of benzene rings is 4. The number of rotatable bonds is 3. The minimum atomic E-state index is -0.0394. The highest BCUT2D eigenvalue weighted by atomic mass is 15.2. The summed E-state index contributed by atoms with van der Waals surface area (Å²) >= 11 is 0. The molecule has 0 saturated heterocycles. The monoisotopic (exact) mass is 413 g/mol. The summed E-state index contributed by atoms with van der Waals surface area (Å²) in [5.41, 5.74) is 7.17. The molecule has 2 heterocycles. The Bertz CT molecular complexity index is 1420. The van der Waals surface area contributed by atoms with Crippen LogP contribution in [0.3, 0.4) is 0 Å². The summed E-state index contributed by atoms with van der Waals surface area (Å²) in [6.07, 6.45) is 3.97. The highest BCUT2D eigenvalue weighted by Gasteiger charge is 2.21. The van der Waals surface area contributed by atoms with Crippen molar-refractivity contribution in [3.63, 3.8) is 0 Å². The van der Waals surface area contributed by atoms with Crippen LogP contribution in [0.25, 0.3) is 33.2 Å². The molecule has 0 spiro atoms. The van der Waals surface area contributed by atoms with Crippen molar-refractivity contribution in [3.8, 4) is 5.69 Å². The predicted molar refractivity (Wildman–Crippen MR) is 134 cm³/mol. The first-order chi connectivity index (χ1) is 15.8. The van der Waals surface area contributed by atoms with E-state index in [1.807, 2.05) is 12.3 Å². The fraction of sp³-hybridized carbons (Fsp3) is 0.0690. The van der Waals surface area contributed by atoms with Crippen LogP contribution in [-0.2, 0) is 0 Å². The minimum Gasteiger partial charge on any atom is -0.349 e. The maximum Gasteiger partial charge on any atom is 0.146 e. The van der Waals surface area contributed by atoms with E-state index in [1.165, 1.54) is 38.6 Å². The van der Waals surface area contributed by atoms with Gasteiger partial charge in [0.15, 0.2) is 0 Å². The van der Waals surface area contributed by atoms with Crippen LogP contribution in [0.5, 0.6) is 0 Å². The first-order valence-electron chi connectivity index (χ1n) is 10.9. The van der Waals surface area contributed by atoms with Gasteiger partial charge in [-0.3, -0.25) is 4.99 Å². The molecule has 5 aromatic rings. The van der Waals surface area contributed by atoms with Crippen LogP contribution in [-0.4, -0.2) is 22.7 Å². The zero-order valence-corrected chi connectivity index (χ0v) is 17.9. The fourth-order valence-corrected chi connectivity index (χ4v) is 4.76. The van der Waals surface area contributed by atoms with Crippen LogP contribution >= 0.6 is 0 Å². The number of hydrogen-bond donors (Lipinski definition) is 0. The lowest BCUT2D eigenvalue weighted by atomic mass is 10.1. The van der Waals surface area contributed by atoms with E-state index < -0.39 is 0 Å². The normalized spacial score (nSPS) is 16.0. The van der Waals surface area contributed by atoms with E-state index >= 15 is 0 Å². The number of para-hydroxylation sites is 2. The van der Waals surface area contributed by atoms with E-state index in [9.17, 15) is 0 Å². The molecule has 0 N–H and O–H groups in total. The molecule has 0 amide bonds. The molecule has 6 rings (SSSR count). The molecule has 0 aliphatic carbocycles. The van der Waals surface area contributed by atoms with E-state index in [2.05, 4.69) is 120 Å². The molecule has 4 aromatic carbocycles.